The molecule has 0 saturated carbocycles. The maximum atomic E-state index is 9.76. The number of rotatable bonds is 6. The summed E-state index contributed by atoms with van der Waals surface area (Å²) in [7, 11) is 0. The van der Waals surface area contributed by atoms with E-state index in [-0.39, 0.29) is 4.58 Å². The summed E-state index contributed by atoms with van der Waals surface area (Å²) in [4.78, 5) is 0. The Balaban J connectivity index is 2.37. The summed E-state index contributed by atoms with van der Waals surface area (Å²) in [5, 5.41) is 46.7. The van der Waals surface area contributed by atoms with Crippen molar-refractivity contribution < 1.29 is 25.5 Å². The Morgan fingerprint density at radius 1 is 0.941 bits per heavy atom. The van der Waals surface area contributed by atoms with Crippen LogP contribution in [0.3, 0.4) is 0 Å². The average Bonchev–Trinajstić information content (AvgIpc) is 2.37. The Kier molecular flexibility index (Phi) is 7.17. The van der Waals surface area contributed by atoms with Crippen LogP contribution in [0.5, 0.6) is 0 Å². The average molecular weight is 284 g/mol. The Bertz CT molecular complexity index is 213. The molecule has 0 spiro atoms. The van der Waals surface area contributed by atoms with Gasteiger partial charge in [0.05, 0.1) is 17.3 Å². The van der Waals surface area contributed by atoms with Crippen molar-refractivity contribution in [2.45, 2.75) is 41.8 Å². The van der Waals surface area contributed by atoms with Crippen LogP contribution in [-0.2, 0) is 0 Å². The van der Waals surface area contributed by atoms with Crippen LogP contribution in [0.2, 0.25) is 0 Å². The van der Waals surface area contributed by atoms with Gasteiger partial charge in [-0.05, 0) is 24.3 Å². The molecule has 0 aromatic carbocycles. The second-order valence-corrected chi connectivity index (χ2v) is 6.98. The van der Waals surface area contributed by atoms with E-state index in [2.05, 4.69) is 0 Å². The summed E-state index contributed by atoms with van der Waals surface area (Å²) in [6.07, 6.45) is -3.95. The third kappa shape index (κ3) is 4.94. The minimum absolute atomic E-state index is 0.215. The SMILES string of the molecule is OC[C@@H](O)[C@@H](O)[C@H](O)[C@@H](O)CC1SCCCS1. The van der Waals surface area contributed by atoms with Crippen LogP contribution in [0.25, 0.3) is 0 Å². The van der Waals surface area contributed by atoms with Crippen LogP contribution in [0.4, 0.5) is 0 Å². The van der Waals surface area contributed by atoms with E-state index in [1.165, 1.54) is 0 Å². The van der Waals surface area contributed by atoms with Gasteiger partial charge in [-0.15, -0.1) is 23.5 Å². The monoisotopic (exact) mass is 284 g/mol. The zero-order valence-electron chi connectivity index (χ0n) is 9.47. The van der Waals surface area contributed by atoms with Gasteiger partial charge in [-0.3, -0.25) is 0 Å². The molecule has 7 heteroatoms. The van der Waals surface area contributed by atoms with Gasteiger partial charge in [0.1, 0.15) is 18.3 Å². The summed E-state index contributed by atoms with van der Waals surface area (Å²) in [6, 6.07) is 0. The first kappa shape index (κ1) is 15.6. The normalized spacial score (nSPS) is 25.2. The number of hydrogen-bond acceptors (Lipinski definition) is 7. The first-order chi connectivity index (χ1) is 8.06. The van der Waals surface area contributed by atoms with Crippen LogP contribution in [-0.4, -0.2) is 72.6 Å². The summed E-state index contributed by atoms with van der Waals surface area (Å²) < 4.78 is 0.215. The summed E-state index contributed by atoms with van der Waals surface area (Å²) in [5.74, 6) is 2.09. The molecule has 1 aliphatic rings. The molecule has 4 atom stereocenters. The number of thioether (sulfide) groups is 2. The van der Waals surface area contributed by atoms with Crippen LogP contribution >= 0.6 is 23.5 Å². The minimum atomic E-state index is -1.52. The third-order valence-electron chi connectivity index (χ3n) is 2.66. The second-order valence-electron chi connectivity index (χ2n) is 4.06. The van der Waals surface area contributed by atoms with E-state index in [4.69, 9.17) is 5.11 Å². The van der Waals surface area contributed by atoms with Gasteiger partial charge in [-0.25, -0.2) is 0 Å². The molecule has 0 aliphatic carbocycles. The van der Waals surface area contributed by atoms with E-state index in [1.807, 2.05) is 0 Å². The lowest BCUT2D eigenvalue weighted by atomic mass is 10.0. The lowest BCUT2D eigenvalue weighted by molar-refractivity contribution is -0.115. The number of aliphatic hydroxyl groups excluding tert-OH is 5. The molecule has 0 amide bonds. The summed E-state index contributed by atoms with van der Waals surface area (Å²) >= 11 is 3.47. The van der Waals surface area contributed by atoms with Gasteiger partial charge in [0.2, 0.25) is 0 Å². The van der Waals surface area contributed by atoms with Gasteiger partial charge >= 0.3 is 0 Å². The standard InChI is InChI=1S/C10H20O5S2/c11-5-7(13)10(15)9(14)6(12)4-8-16-2-1-3-17-8/h6-15H,1-5H2/t6-,7+,9+,10+/m0/s1. The lowest BCUT2D eigenvalue weighted by Crippen LogP contribution is -2.46. The molecule has 0 bridgehead atoms. The van der Waals surface area contributed by atoms with Crippen molar-refractivity contribution in [3.05, 3.63) is 0 Å². The molecule has 102 valence electrons. The minimum Gasteiger partial charge on any atom is -0.394 e. The zero-order valence-corrected chi connectivity index (χ0v) is 11.1. The highest BCUT2D eigenvalue weighted by Gasteiger charge is 2.32. The molecule has 0 aromatic heterocycles. The van der Waals surface area contributed by atoms with Gasteiger partial charge in [0.15, 0.2) is 0 Å². The van der Waals surface area contributed by atoms with E-state index in [0.29, 0.717) is 6.42 Å². The Labute approximate surface area is 109 Å². The van der Waals surface area contributed by atoms with Crippen LogP contribution < -0.4 is 0 Å². The van der Waals surface area contributed by atoms with Crippen molar-refractivity contribution in [1.82, 2.24) is 0 Å². The van der Waals surface area contributed by atoms with Gasteiger partial charge in [0.25, 0.3) is 0 Å². The van der Waals surface area contributed by atoms with E-state index in [0.717, 1.165) is 17.9 Å². The predicted molar refractivity (Wildman–Crippen MR) is 69.1 cm³/mol. The molecule has 1 heterocycles. The van der Waals surface area contributed by atoms with Crippen molar-refractivity contribution in [1.29, 1.82) is 0 Å². The molecule has 5 N–H and O–H groups in total. The quantitative estimate of drug-likeness (QED) is 0.427. The van der Waals surface area contributed by atoms with Crippen molar-refractivity contribution in [3.8, 4) is 0 Å². The molecule has 0 unspecified atom stereocenters. The van der Waals surface area contributed by atoms with Crippen molar-refractivity contribution in [3.63, 3.8) is 0 Å². The van der Waals surface area contributed by atoms with Crippen molar-refractivity contribution in [2.24, 2.45) is 0 Å². The van der Waals surface area contributed by atoms with Crippen molar-refractivity contribution in [2.75, 3.05) is 18.1 Å². The van der Waals surface area contributed by atoms with E-state index >= 15 is 0 Å². The third-order valence-corrected chi connectivity index (χ3v) is 5.65. The Hall–Kier alpha value is 0.500. The molecule has 17 heavy (non-hydrogen) atoms. The van der Waals surface area contributed by atoms with E-state index in [9.17, 15) is 20.4 Å². The fourth-order valence-corrected chi connectivity index (χ4v) is 4.53. The topological polar surface area (TPSA) is 101 Å². The number of hydrogen-bond donors (Lipinski definition) is 5. The zero-order chi connectivity index (χ0) is 12.8. The molecule has 0 radical (unpaired) electrons. The highest BCUT2D eigenvalue weighted by atomic mass is 32.2. The molecular formula is C10H20O5S2. The lowest BCUT2D eigenvalue weighted by Gasteiger charge is -2.29. The number of aliphatic hydroxyl groups is 5. The molecule has 1 fully saturated rings. The van der Waals surface area contributed by atoms with Crippen LogP contribution in [0.1, 0.15) is 12.8 Å². The summed E-state index contributed by atoms with van der Waals surface area (Å²) in [6.45, 7) is -0.641. The van der Waals surface area contributed by atoms with E-state index < -0.39 is 31.0 Å². The highest BCUT2D eigenvalue weighted by Crippen LogP contribution is 2.34. The van der Waals surface area contributed by atoms with Gasteiger partial charge in [-0.2, -0.15) is 0 Å². The molecule has 1 saturated heterocycles. The maximum Gasteiger partial charge on any atom is 0.110 e. The molecule has 1 rings (SSSR count). The molecule has 1 aliphatic heterocycles. The predicted octanol–water partition coefficient (Wildman–Crippen LogP) is -0.991. The smallest absolute Gasteiger partial charge is 0.110 e. The second kappa shape index (κ2) is 7.83. The van der Waals surface area contributed by atoms with Gasteiger partial charge < -0.3 is 25.5 Å². The molecular weight excluding hydrogens is 264 g/mol. The Morgan fingerprint density at radius 3 is 2.00 bits per heavy atom. The highest BCUT2D eigenvalue weighted by molar-refractivity contribution is 8.17. The largest absolute Gasteiger partial charge is 0.394 e. The van der Waals surface area contributed by atoms with Gasteiger partial charge in [-0.1, -0.05) is 0 Å². The maximum absolute atomic E-state index is 9.76. The molecule has 0 aromatic rings. The van der Waals surface area contributed by atoms with Crippen LogP contribution in [0.15, 0.2) is 0 Å². The Morgan fingerprint density at radius 2 is 1.47 bits per heavy atom. The fraction of sp³-hybridized carbons (Fsp3) is 1.00. The van der Waals surface area contributed by atoms with Crippen molar-refractivity contribution >= 4 is 23.5 Å². The summed E-state index contributed by atoms with van der Waals surface area (Å²) in [5.41, 5.74) is 0. The van der Waals surface area contributed by atoms with Crippen LogP contribution in [0, 0.1) is 0 Å². The first-order valence-electron chi connectivity index (χ1n) is 5.62. The van der Waals surface area contributed by atoms with E-state index in [1.54, 1.807) is 23.5 Å². The van der Waals surface area contributed by atoms with Gasteiger partial charge in [0, 0.05) is 0 Å². The molecule has 5 nitrogen and oxygen atoms in total. The first-order valence-corrected chi connectivity index (χ1v) is 7.72. The fourth-order valence-electron chi connectivity index (χ4n) is 1.57.